The Kier molecular flexibility index (Phi) is 5.01. The van der Waals surface area contributed by atoms with Gasteiger partial charge < -0.3 is 18.9 Å². The normalized spacial score (nSPS) is 19.5. The number of pyridine rings is 1. The van der Waals surface area contributed by atoms with Gasteiger partial charge in [-0.05, 0) is 35.2 Å². The molecule has 1 aromatic rings. The highest BCUT2D eigenvalue weighted by Crippen LogP contribution is 2.36. The second-order valence-corrected chi connectivity index (χ2v) is 7.37. The van der Waals surface area contributed by atoms with Crippen LogP contribution in [0.1, 0.15) is 43.1 Å². The molecule has 3 rings (SSSR count). The molecule has 0 aromatic carbocycles. The third-order valence-electron chi connectivity index (χ3n) is 5.05. The van der Waals surface area contributed by atoms with Gasteiger partial charge in [-0.3, -0.25) is 9.59 Å². The predicted molar refractivity (Wildman–Crippen MR) is 93.7 cm³/mol. The standard InChI is InChI=1S/C17H23BrN2O4/c1-3-4-7-24-15-13-16(22)19(2)17(5-8-23-9-6-17)11-20(13)10-12(18)14(15)21/h10H,3-9,11H2,1-2H3. The molecule has 1 aromatic heterocycles. The number of halogens is 1. The van der Waals surface area contributed by atoms with Crippen LogP contribution in [0.2, 0.25) is 0 Å². The van der Waals surface area contributed by atoms with E-state index in [1.54, 1.807) is 11.1 Å². The van der Waals surface area contributed by atoms with E-state index in [4.69, 9.17) is 9.47 Å². The van der Waals surface area contributed by atoms with E-state index in [2.05, 4.69) is 22.9 Å². The van der Waals surface area contributed by atoms with Crippen LogP contribution in [-0.4, -0.2) is 47.8 Å². The monoisotopic (exact) mass is 398 g/mol. The highest BCUT2D eigenvalue weighted by atomic mass is 79.9. The Morgan fingerprint density at radius 3 is 2.71 bits per heavy atom. The first-order chi connectivity index (χ1) is 11.5. The maximum atomic E-state index is 13.0. The molecule has 0 radical (unpaired) electrons. The lowest BCUT2D eigenvalue weighted by Gasteiger charge is -2.48. The summed E-state index contributed by atoms with van der Waals surface area (Å²) in [5, 5.41) is 0. The Balaban J connectivity index is 2.05. The van der Waals surface area contributed by atoms with Crippen LogP contribution in [0, 0.1) is 0 Å². The molecule has 1 saturated heterocycles. The number of carbonyl (C=O) groups excluding carboxylic acids is 1. The second-order valence-electron chi connectivity index (χ2n) is 6.51. The van der Waals surface area contributed by atoms with Crippen molar-refractivity contribution in [2.75, 3.05) is 26.9 Å². The summed E-state index contributed by atoms with van der Waals surface area (Å²) in [7, 11) is 1.82. The molecule has 1 amide bonds. The Labute approximate surface area is 149 Å². The molecule has 2 aliphatic heterocycles. The fourth-order valence-electron chi connectivity index (χ4n) is 3.45. The fourth-order valence-corrected chi connectivity index (χ4v) is 3.87. The quantitative estimate of drug-likeness (QED) is 0.730. The van der Waals surface area contributed by atoms with Crippen molar-refractivity contribution in [2.45, 2.75) is 44.7 Å². The maximum absolute atomic E-state index is 13.0. The molecule has 0 bridgehead atoms. The molecule has 0 saturated carbocycles. The van der Waals surface area contributed by atoms with Crippen LogP contribution in [0.25, 0.3) is 0 Å². The highest BCUT2D eigenvalue weighted by molar-refractivity contribution is 9.10. The van der Waals surface area contributed by atoms with Crippen LogP contribution in [-0.2, 0) is 11.3 Å². The van der Waals surface area contributed by atoms with Crippen LogP contribution >= 0.6 is 15.9 Å². The summed E-state index contributed by atoms with van der Waals surface area (Å²) >= 11 is 3.32. The number of nitrogens with zero attached hydrogens (tertiary/aromatic N) is 2. The van der Waals surface area contributed by atoms with Crippen molar-refractivity contribution in [3.05, 3.63) is 26.6 Å². The van der Waals surface area contributed by atoms with E-state index >= 15 is 0 Å². The number of hydrogen-bond donors (Lipinski definition) is 0. The van der Waals surface area contributed by atoms with Gasteiger partial charge in [-0.2, -0.15) is 0 Å². The maximum Gasteiger partial charge on any atom is 0.274 e. The van der Waals surface area contributed by atoms with Crippen molar-refractivity contribution in [3.8, 4) is 5.75 Å². The largest absolute Gasteiger partial charge is 0.487 e. The lowest BCUT2D eigenvalue weighted by Crippen LogP contribution is -2.59. The number of ether oxygens (including phenoxy) is 2. The predicted octanol–water partition coefficient (Wildman–Crippen LogP) is 2.42. The van der Waals surface area contributed by atoms with Crippen LogP contribution in [0.3, 0.4) is 0 Å². The van der Waals surface area contributed by atoms with Crippen molar-refractivity contribution >= 4 is 21.8 Å². The van der Waals surface area contributed by atoms with Gasteiger partial charge in [-0.15, -0.1) is 0 Å². The molecular weight excluding hydrogens is 376 g/mol. The number of unbranched alkanes of at least 4 members (excludes halogenated alkanes) is 1. The average Bonchev–Trinajstić information content (AvgIpc) is 2.58. The molecule has 2 aliphatic rings. The number of likely N-dealkylation sites (N-methyl/N-ethyl adjacent to an activating group) is 1. The summed E-state index contributed by atoms with van der Waals surface area (Å²) in [6.45, 7) is 4.44. The van der Waals surface area contributed by atoms with Gasteiger partial charge in [0.15, 0.2) is 11.4 Å². The summed E-state index contributed by atoms with van der Waals surface area (Å²) in [4.78, 5) is 27.3. The zero-order valence-electron chi connectivity index (χ0n) is 14.1. The van der Waals surface area contributed by atoms with Crippen molar-refractivity contribution < 1.29 is 14.3 Å². The second kappa shape index (κ2) is 6.88. The van der Waals surface area contributed by atoms with E-state index in [9.17, 15) is 9.59 Å². The number of hydrogen-bond acceptors (Lipinski definition) is 4. The number of amides is 1. The molecule has 132 valence electrons. The summed E-state index contributed by atoms with van der Waals surface area (Å²) in [5.74, 6) is 0.0100. The Morgan fingerprint density at radius 1 is 1.33 bits per heavy atom. The molecular formula is C17H23BrN2O4. The minimum atomic E-state index is -0.262. The molecule has 6 nitrogen and oxygen atoms in total. The molecule has 1 spiro atoms. The van der Waals surface area contributed by atoms with Crippen molar-refractivity contribution in [1.29, 1.82) is 0 Å². The molecule has 7 heteroatoms. The Morgan fingerprint density at radius 2 is 2.04 bits per heavy atom. The van der Waals surface area contributed by atoms with Crippen LogP contribution in [0.5, 0.6) is 5.75 Å². The van der Waals surface area contributed by atoms with Crippen molar-refractivity contribution in [3.63, 3.8) is 0 Å². The van der Waals surface area contributed by atoms with Gasteiger partial charge in [-0.1, -0.05) is 13.3 Å². The van der Waals surface area contributed by atoms with Gasteiger partial charge in [0, 0.05) is 33.0 Å². The van der Waals surface area contributed by atoms with Gasteiger partial charge in [0.2, 0.25) is 5.43 Å². The average molecular weight is 399 g/mol. The molecule has 1 fully saturated rings. The molecule has 0 aliphatic carbocycles. The van der Waals surface area contributed by atoms with E-state index in [1.807, 2.05) is 11.6 Å². The smallest absolute Gasteiger partial charge is 0.274 e. The van der Waals surface area contributed by atoms with Gasteiger partial charge in [0.05, 0.1) is 16.6 Å². The van der Waals surface area contributed by atoms with E-state index in [0.29, 0.717) is 36.5 Å². The van der Waals surface area contributed by atoms with Crippen LogP contribution in [0.15, 0.2) is 15.5 Å². The molecule has 0 atom stereocenters. The number of carbonyl (C=O) groups is 1. The molecule has 3 heterocycles. The highest BCUT2D eigenvalue weighted by Gasteiger charge is 2.45. The van der Waals surface area contributed by atoms with Gasteiger partial charge in [-0.25, -0.2) is 0 Å². The number of aromatic nitrogens is 1. The van der Waals surface area contributed by atoms with E-state index in [-0.39, 0.29) is 22.6 Å². The summed E-state index contributed by atoms with van der Waals surface area (Å²) in [5.41, 5.74) is -0.154. The van der Waals surface area contributed by atoms with Crippen LogP contribution in [0.4, 0.5) is 0 Å². The van der Waals surface area contributed by atoms with Crippen LogP contribution < -0.4 is 10.2 Å². The SMILES string of the molecule is CCCCOc1c2n(cc(Br)c1=O)CC1(CCOCC1)N(C)C2=O. The van der Waals surface area contributed by atoms with E-state index in [0.717, 1.165) is 25.7 Å². The van der Waals surface area contributed by atoms with Gasteiger partial charge in [0.25, 0.3) is 5.91 Å². The minimum Gasteiger partial charge on any atom is -0.487 e. The number of fused-ring (bicyclic) bond motifs is 1. The van der Waals surface area contributed by atoms with E-state index in [1.165, 1.54) is 0 Å². The zero-order valence-corrected chi connectivity index (χ0v) is 15.7. The first-order valence-corrected chi connectivity index (χ1v) is 9.21. The van der Waals surface area contributed by atoms with Gasteiger partial charge >= 0.3 is 0 Å². The molecule has 0 unspecified atom stereocenters. The topological polar surface area (TPSA) is 60.8 Å². The minimum absolute atomic E-state index is 0.153. The zero-order chi connectivity index (χ0) is 17.3. The fraction of sp³-hybridized carbons (Fsp3) is 0.647. The van der Waals surface area contributed by atoms with Crippen molar-refractivity contribution in [2.24, 2.45) is 0 Å². The van der Waals surface area contributed by atoms with Gasteiger partial charge in [0.1, 0.15) is 0 Å². The Bertz CT molecular complexity index is 695. The summed E-state index contributed by atoms with van der Waals surface area (Å²) in [6, 6.07) is 0. The lowest BCUT2D eigenvalue weighted by atomic mass is 9.86. The van der Waals surface area contributed by atoms with E-state index < -0.39 is 0 Å². The third kappa shape index (κ3) is 2.88. The third-order valence-corrected chi connectivity index (χ3v) is 5.61. The summed E-state index contributed by atoms with van der Waals surface area (Å²) in [6.07, 6.45) is 5.12. The Hall–Kier alpha value is -1.34. The number of rotatable bonds is 4. The van der Waals surface area contributed by atoms with Crippen molar-refractivity contribution in [1.82, 2.24) is 9.47 Å². The first-order valence-electron chi connectivity index (χ1n) is 8.42. The molecule has 0 N–H and O–H groups in total. The first kappa shape index (κ1) is 17.5. The summed E-state index contributed by atoms with van der Waals surface area (Å²) < 4.78 is 13.5. The lowest BCUT2D eigenvalue weighted by molar-refractivity contribution is -0.0268. The molecule has 24 heavy (non-hydrogen) atoms.